The molecule has 0 fully saturated rings. The first-order valence-corrected chi connectivity index (χ1v) is 4.62. The van der Waals surface area contributed by atoms with Crippen LogP contribution in [-0.4, -0.2) is 5.97 Å². The largest absolute Gasteiger partial charge is 0.391 e. The minimum absolute atomic E-state index is 0.408. The Labute approximate surface area is 79.6 Å². The van der Waals surface area contributed by atoms with Gasteiger partial charge in [0.15, 0.2) is 0 Å². The van der Waals surface area contributed by atoms with Gasteiger partial charge in [-0.15, -0.1) is 0 Å². The summed E-state index contributed by atoms with van der Waals surface area (Å²) >= 11 is 3.41. The molecule has 0 heterocycles. The zero-order valence-corrected chi connectivity index (χ0v) is 8.40. The van der Waals surface area contributed by atoms with Crippen LogP contribution in [0.2, 0.25) is 0 Å². The Morgan fingerprint density at radius 2 is 2.08 bits per heavy atom. The number of hydrogen-bond donors (Lipinski definition) is 1. The number of carbonyl (C=O) groups excluding carboxylic acids is 1. The molecule has 0 aliphatic heterocycles. The van der Waals surface area contributed by atoms with Crippen molar-refractivity contribution in [3.8, 4) is 0 Å². The van der Waals surface area contributed by atoms with Crippen LogP contribution in [0.15, 0.2) is 12.2 Å². The monoisotopic (exact) mass is 188 g/mol. The topological polar surface area (TPSA) is 26.3 Å². The van der Waals surface area contributed by atoms with Gasteiger partial charge in [-0.1, -0.05) is 32.8 Å². The predicted octanol–water partition coefficient (Wildman–Crippen LogP) is 2.90. The lowest BCUT2D eigenvalue weighted by atomic mass is 10.1. The van der Waals surface area contributed by atoms with Crippen LogP contribution in [0.3, 0.4) is 0 Å². The Bertz CT molecular complexity index is 155. The molecule has 3 heteroatoms. The Morgan fingerprint density at radius 1 is 1.42 bits per heavy atom. The van der Waals surface area contributed by atoms with Crippen molar-refractivity contribution in [3.63, 3.8) is 0 Å². The van der Waals surface area contributed by atoms with Gasteiger partial charge in [-0.25, -0.2) is 4.79 Å². The van der Waals surface area contributed by atoms with E-state index in [4.69, 9.17) is 0 Å². The lowest BCUT2D eigenvalue weighted by molar-refractivity contribution is -0.128. The van der Waals surface area contributed by atoms with Crippen molar-refractivity contribution < 1.29 is 8.98 Å². The molecule has 0 saturated carbocycles. The van der Waals surface area contributed by atoms with E-state index in [2.05, 4.69) is 30.6 Å². The molecule has 0 bridgehead atoms. The minimum atomic E-state index is -0.408. The molecular weight excluding hydrogens is 172 g/mol. The smallest absolute Gasteiger partial charge is 0.345 e. The van der Waals surface area contributed by atoms with Crippen molar-refractivity contribution in [2.24, 2.45) is 0 Å². The second kappa shape index (κ2) is 7.22. The number of hydrogen-bond acceptors (Lipinski definition) is 3. The summed E-state index contributed by atoms with van der Waals surface area (Å²) in [5.41, 5.74) is 0.515. The van der Waals surface area contributed by atoms with Crippen molar-refractivity contribution in [3.05, 3.63) is 12.2 Å². The second-order valence-electron chi connectivity index (χ2n) is 2.79. The Morgan fingerprint density at radius 3 is 2.58 bits per heavy atom. The summed E-state index contributed by atoms with van der Waals surface area (Å²) in [6.45, 7) is 5.75. The molecule has 0 aromatic carbocycles. The van der Waals surface area contributed by atoms with E-state index in [0.717, 1.165) is 19.3 Å². The summed E-state index contributed by atoms with van der Waals surface area (Å²) in [6, 6.07) is 0. The van der Waals surface area contributed by atoms with Crippen LogP contribution in [-0.2, 0) is 8.98 Å². The van der Waals surface area contributed by atoms with Crippen LogP contribution in [0.4, 0.5) is 0 Å². The third kappa shape index (κ3) is 5.24. The summed E-state index contributed by atoms with van der Waals surface area (Å²) in [6.07, 6.45) is 5.29. The van der Waals surface area contributed by atoms with E-state index in [1.807, 2.05) is 0 Å². The summed E-state index contributed by atoms with van der Waals surface area (Å²) in [5.74, 6) is -0.408. The van der Waals surface area contributed by atoms with Gasteiger partial charge in [-0.2, -0.15) is 0 Å². The summed E-state index contributed by atoms with van der Waals surface area (Å²) in [7, 11) is 0. The first kappa shape index (κ1) is 11.6. The van der Waals surface area contributed by atoms with E-state index in [1.165, 1.54) is 12.8 Å². The predicted molar refractivity (Wildman–Crippen MR) is 53.0 cm³/mol. The molecule has 0 radical (unpaired) electrons. The lowest BCUT2D eigenvalue weighted by Gasteiger charge is -2.01. The molecule has 0 saturated heterocycles. The molecule has 0 aliphatic carbocycles. The zero-order valence-electron chi connectivity index (χ0n) is 7.51. The third-order valence-electron chi connectivity index (χ3n) is 1.70. The van der Waals surface area contributed by atoms with Gasteiger partial charge in [0.05, 0.1) is 0 Å². The van der Waals surface area contributed by atoms with Crippen LogP contribution in [0, 0.1) is 0 Å². The van der Waals surface area contributed by atoms with E-state index < -0.39 is 5.97 Å². The average molecular weight is 188 g/mol. The maximum atomic E-state index is 10.8. The lowest BCUT2D eigenvalue weighted by Crippen LogP contribution is -2.00. The fourth-order valence-electron chi connectivity index (χ4n) is 0.932. The highest BCUT2D eigenvalue weighted by atomic mass is 32.1. The first-order chi connectivity index (χ1) is 5.72. The van der Waals surface area contributed by atoms with Gasteiger partial charge in [-0.3, -0.25) is 0 Å². The zero-order chi connectivity index (χ0) is 9.40. The second-order valence-corrected chi connectivity index (χ2v) is 2.98. The van der Waals surface area contributed by atoms with Crippen LogP contribution >= 0.6 is 12.9 Å². The SMILES string of the molecule is C=C(CCCCCC)C(=O)OS. The number of rotatable bonds is 6. The van der Waals surface area contributed by atoms with E-state index in [9.17, 15) is 4.79 Å². The summed E-state index contributed by atoms with van der Waals surface area (Å²) in [4.78, 5) is 10.8. The molecule has 0 N–H and O–H groups in total. The minimum Gasteiger partial charge on any atom is -0.391 e. The van der Waals surface area contributed by atoms with Crippen LogP contribution in [0.5, 0.6) is 0 Å². The van der Waals surface area contributed by atoms with Crippen molar-refractivity contribution in [2.75, 3.05) is 0 Å². The molecule has 0 amide bonds. The van der Waals surface area contributed by atoms with Gasteiger partial charge < -0.3 is 4.18 Å². The van der Waals surface area contributed by atoms with Crippen molar-refractivity contribution in [2.45, 2.75) is 39.0 Å². The maximum Gasteiger partial charge on any atom is 0.345 e. The normalized spacial score (nSPS) is 9.50. The van der Waals surface area contributed by atoms with Crippen molar-refractivity contribution in [1.29, 1.82) is 0 Å². The van der Waals surface area contributed by atoms with Gasteiger partial charge in [0.2, 0.25) is 0 Å². The van der Waals surface area contributed by atoms with Crippen molar-refractivity contribution in [1.82, 2.24) is 0 Å². The quantitative estimate of drug-likeness (QED) is 0.300. The highest BCUT2D eigenvalue weighted by Gasteiger charge is 2.05. The number of unbranched alkanes of at least 4 members (excludes halogenated alkanes) is 3. The van der Waals surface area contributed by atoms with Crippen molar-refractivity contribution >= 4 is 18.9 Å². The average Bonchev–Trinajstić information content (AvgIpc) is 2.10. The van der Waals surface area contributed by atoms with E-state index in [1.54, 1.807) is 0 Å². The molecule has 0 unspecified atom stereocenters. The molecule has 0 atom stereocenters. The van der Waals surface area contributed by atoms with Gasteiger partial charge in [0.1, 0.15) is 0 Å². The summed E-state index contributed by atoms with van der Waals surface area (Å²) in [5, 5.41) is 0. The highest BCUT2D eigenvalue weighted by Crippen LogP contribution is 2.10. The molecule has 12 heavy (non-hydrogen) atoms. The van der Waals surface area contributed by atoms with E-state index in [0.29, 0.717) is 5.57 Å². The Balaban J connectivity index is 3.38. The highest BCUT2D eigenvalue weighted by molar-refractivity contribution is 7.75. The Kier molecular flexibility index (Phi) is 6.96. The van der Waals surface area contributed by atoms with Crippen LogP contribution in [0.25, 0.3) is 0 Å². The molecule has 0 spiro atoms. The Hall–Kier alpha value is -0.440. The van der Waals surface area contributed by atoms with Crippen LogP contribution in [0.1, 0.15) is 39.0 Å². The van der Waals surface area contributed by atoms with Gasteiger partial charge in [0.25, 0.3) is 0 Å². The standard InChI is InChI=1S/C9H16O2S/c1-3-4-5-6-7-8(2)9(10)11-12/h12H,2-7H2,1H3. The molecule has 0 aromatic rings. The molecule has 70 valence electrons. The van der Waals surface area contributed by atoms with Gasteiger partial charge in [-0.05, 0) is 12.8 Å². The first-order valence-electron chi connectivity index (χ1n) is 4.26. The number of thiol groups is 1. The molecule has 0 aliphatic rings. The number of carbonyl (C=O) groups is 1. The van der Waals surface area contributed by atoms with Crippen LogP contribution < -0.4 is 0 Å². The fraction of sp³-hybridized carbons (Fsp3) is 0.667. The molecular formula is C9H16O2S. The van der Waals surface area contributed by atoms with Gasteiger partial charge in [0, 0.05) is 18.5 Å². The maximum absolute atomic E-state index is 10.8. The molecule has 0 rings (SSSR count). The van der Waals surface area contributed by atoms with Gasteiger partial charge >= 0.3 is 5.97 Å². The van der Waals surface area contributed by atoms with E-state index in [-0.39, 0.29) is 0 Å². The third-order valence-corrected chi connectivity index (χ3v) is 1.87. The molecule has 2 nitrogen and oxygen atoms in total. The fourth-order valence-corrected chi connectivity index (χ4v) is 1.06. The molecule has 0 aromatic heterocycles. The summed E-state index contributed by atoms with van der Waals surface area (Å²) < 4.78 is 4.22. The van der Waals surface area contributed by atoms with E-state index >= 15 is 0 Å².